The van der Waals surface area contributed by atoms with Gasteiger partial charge in [-0.15, -0.1) is 0 Å². The fourth-order valence-electron chi connectivity index (χ4n) is 2.17. The Bertz CT molecular complexity index is 571. The van der Waals surface area contributed by atoms with Gasteiger partial charge in [0.25, 0.3) is 0 Å². The van der Waals surface area contributed by atoms with E-state index in [1.165, 1.54) is 12.1 Å². The fraction of sp³-hybridized carbons (Fsp3) is 0.250. The van der Waals surface area contributed by atoms with Crippen LogP contribution in [0.5, 0.6) is 5.75 Å². The minimum atomic E-state index is -0.230. The van der Waals surface area contributed by atoms with Crippen molar-refractivity contribution in [3.05, 3.63) is 63.9 Å². The van der Waals surface area contributed by atoms with E-state index in [2.05, 4.69) is 15.9 Å². The molecular weight excluding hydrogens is 321 g/mol. The number of rotatable bonds is 5. The molecule has 0 spiro atoms. The molecule has 0 fully saturated rings. The van der Waals surface area contributed by atoms with Gasteiger partial charge in [-0.3, -0.25) is 0 Å². The Morgan fingerprint density at radius 3 is 2.50 bits per heavy atom. The van der Waals surface area contributed by atoms with Crippen molar-refractivity contribution in [2.24, 2.45) is 5.73 Å². The van der Waals surface area contributed by atoms with Gasteiger partial charge in [0.1, 0.15) is 11.6 Å². The Morgan fingerprint density at radius 2 is 1.90 bits per heavy atom. The van der Waals surface area contributed by atoms with Gasteiger partial charge in [0.05, 0.1) is 7.11 Å². The number of ether oxygens (including phenoxy) is 1. The Kier molecular flexibility index (Phi) is 5.15. The lowest BCUT2D eigenvalue weighted by Crippen LogP contribution is -2.15. The molecule has 20 heavy (non-hydrogen) atoms. The van der Waals surface area contributed by atoms with Crippen LogP contribution in [-0.4, -0.2) is 13.7 Å². The van der Waals surface area contributed by atoms with Crippen molar-refractivity contribution in [3.8, 4) is 5.75 Å². The van der Waals surface area contributed by atoms with E-state index in [1.807, 2.05) is 18.2 Å². The topological polar surface area (TPSA) is 35.2 Å². The number of hydrogen-bond acceptors (Lipinski definition) is 2. The van der Waals surface area contributed by atoms with Crippen LogP contribution in [0.3, 0.4) is 0 Å². The number of halogens is 2. The van der Waals surface area contributed by atoms with Crippen LogP contribution in [0.4, 0.5) is 4.39 Å². The predicted octanol–water partition coefficient (Wildman–Crippen LogP) is 3.88. The van der Waals surface area contributed by atoms with E-state index in [9.17, 15) is 4.39 Å². The summed E-state index contributed by atoms with van der Waals surface area (Å²) >= 11 is 3.55. The van der Waals surface area contributed by atoms with E-state index in [0.717, 1.165) is 27.8 Å². The molecule has 4 heteroatoms. The number of hydrogen-bond donors (Lipinski definition) is 1. The van der Waals surface area contributed by atoms with Crippen LogP contribution in [0.1, 0.15) is 17.0 Å². The van der Waals surface area contributed by atoms with Gasteiger partial charge >= 0.3 is 0 Å². The Labute approximate surface area is 126 Å². The summed E-state index contributed by atoms with van der Waals surface area (Å²) in [7, 11) is 1.65. The molecule has 0 bridgehead atoms. The molecular formula is C16H17BrFNO. The van der Waals surface area contributed by atoms with E-state index in [4.69, 9.17) is 10.5 Å². The van der Waals surface area contributed by atoms with Gasteiger partial charge in [0, 0.05) is 10.4 Å². The molecule has 2 aromatic rings. The van der Waals surface area contributed by atoms with Crippen LogP contribution >= 0.6 is 15.9 Å². The quantitative estimate of drug-likeness (QED) is 0.898. The zero-order valence-corrected chi connectivity index (χ0v) is 12.9. The molecule has 106 valence electrons. The molecule has 0 saturated carbocycles. The predicted molar refractivity (Wildman–Crippen MR) is 82.6 cm³/mol. The van der Waals surface area contributed by atoms with Gasteiger partial charge in [-0.2, -0.15) is 0 Å². The third-order valence-corrected chi connectivity index (χ3v) is 4.12. The maximum Gasteiger partial charge on any atom is 0.123 e. The monoisotopic (exact) mass is 337 g/mol. The van der Waals surface area contributed by atoms with Crippen LogP contribution in [-0.2, 0) is 6.42 Å². The summed E-state index contributed by atoms with van der Waals surface area (Å²) in [5.41, 5.74) is 8.04. The third kappa shape index (κ3) is 3.58. The maximum absolute atomic E-state index is 13.0. The standard InChI is InChI=1S/C16H17BrFNO/c1-20-15-6-7-16(17)12(9-15)8-13(10-19)11-2-4-14(18)5-3-11/h2-7,9,13H,8,10,19H2,1H3. The maximum atomic E-state index is 13.0. The molecule has 2 N–H and O–H groups in total. The molecule has 0 saturated heterocycles. The fourth-order valence-corrected chi connectivity index (χ4v) is 2.58. The van der Waals surface area contributed by atoms with Crippen molar-refractivity contribution in [2.45, 2.75) is 12.3 Å². The largest absolute Gasteiger partial charge is 0.497 e. The van der Waals surface area contributed by atoms with Gasteiger partial charge in [-0.25, -0.2) is 4.39 Å². The number of methoxy groups -OCH3 is 1. The van der Waals surface area contributed by atoms with Crippen molar-refractivity contribution >= 4 is 15.9 Å². The first-order valence-electron chi connectivity index (χ1n) is 6.42. The van der Waals surface area contributed by atoms with Crippen LogP contribution < -0.4 is 10.5 Å². The molecule has 0 aliphatic carbocycles. The second-order valence-corrected chi connectivity index (χ2v) is 5.50. The number of nitrogens with two attached hydrogens (primary N) is 1. The van der Waals surface area contributed by atoms with Crippen LogP contribution in [0.15, 0.2) is 46.9 Å². The molecule has 0 aromatic heterocycles. The lowest BCUT2D eigenvalue weighted by Gasteiger charge is -2.17. The van der Waals surface area contributed by atoms with Gasteiger partial charge < -0.3 is 10.5 Å². The number of benzene rings is 2. The van der Waals surface area contributed by atoms with Crippen molar-refractivity contribution in [2.75, 3.05) is 13.7 Å². The summed E-state index contributed by atoms with van der Waals surface area (Å²) in [6.45, 7) is 0.509. The molecule has 2 nitrogen and oxygen atoms in total. The second-order valence-electron chi connectivity index (χ2n) is 4.65. The molecule has 0 aliphatic rings. The van der Waals surface area contributed by atoms with Gasteiger partial charge in [-0.1, -0.05) is 28.1 Å². The highest BCUT2D eigenvalue weighted by Gasteiger charge is 2.13. The van der Waals surface area contributed by atoms with E-state index < -0.39 is 0 Å². The molecule has 0 amide bonds. The van der Waals surface area contributed by atoms with E-state index in [1.54, 1.807) is 19.2 Å². The Hall–Kier alpha value is -1.39. The molecule has 0 aliphatic heterocycles. The summed E-state index contributed by atoms with van der Waals surface area (Å²) < 4.78 is 19.3. The normalized spacial score (nSPS) is 12.2. The average Bonchev–Trinajstić information content (AvgIpc) is 2.47. The summed E-state index contributed by atoms with van der Waals surface area (Å²) in [4.78, 5) is 0. The summed E-state index contributed by atoms with van der Waals surface area (Å²) in [6, 6.07) is 12.4. The van der Waals surface area contributed by atoms with E-state index in [0.29, 0.717) is 6.54 Å². The van der Waals surface area contributed by atoms with Gasteiger partial charge in [0.2, 0.25) is 0 Å². The molecule has 0 radical (unpaired) electrons. The van der Waals surface area contributed by atoms with Gasteiger partial charge in [-0.05, 0) is 54.4 Å². The van der Waals surface area contributed by atoms with Crippen molar-refractivity contribution < 1.29 is 9.13 Å². The zero-order chi connectivity index (χ0) is 14.5. The molecule has 1 unspecified atom stereocenters. The lowest BCUT2D eigenvalue weighted by molar-refractivity contribution is 0.414. The second kappa shape index (κ2) is 6.86. The smallest absolute Gasteiger partial charge is 0.123 e. The molecule has 1 atom stereocenters. The first kappa shape index (κ1) is 15.0. The van der Waals surface area contributed by atoms with Crippen molar-refractivity contribution in [1.82, 2.24) is 0 Å². The molecule has 0 heterocycles. The van der Waals surface area contributed by atoms with E-state index >= 15 is 0 Å². The minimum Gasteiger partial charge on any atom is -0.497 e. The highest BCUT2D eigenvalue weighted by atomic mass is 79.9. The molecule has 2 aromatic carbocycles. The third-order valence-electron chi connectivity index (χ3n) is 3.35. The van der Waals surface area contributed by atoms with E-state index in [-0.39, 0.29) is 11.7 Å². The zero-order valence-electron chi connectivity index (χ0n) is 11.3. The first-order valence-corrected chi connectivity index (χ1v) is 7.21. The molecule has 2 rings (SSSR count). The summed E-state index contributed by atoms with van der Waals surface area (Å²) in [6.07, 6.45) is 0.778. The Balaban J connectivity index is 2.23. The highest BCUT2D eigenvalue weighted by molar-refractivity contribution is 9.10. The van der Waals surface area contributed by atoms with Crippen LogP contribution in [0.25, 0.3) is 0 Å². The summed E-state index contributed by atoms with van der Waals surface area (Å²) in [5.74, 6) is 0.740. The minimum absolute atomic E-state index is 0.152. The van der Waals surface area contributed by atoms with Gasteiger partial charge in [0.15, 0.2) is 0 Å². The SMILES string of the molecule is COc1ccc(Br)c(CC(CN)c2ccc(F)cc2)c1. The summed E-state index contributed by atoms with van der Waals surface area (Å²) in [5, 5.41) is 0. The van der Waals surface area contributed by atoms with Crippen molar-refractivity contribution in [3.63, 3.8) is 0 Å². The van der Waals surface area contributed by atoms with Crippen LogP contribution in [0.2, 0.25) is 0 Å². The average molecular weight is 338 g/mol. The Morgan fingerprint density at radius 1 is 1.20 bits per heavy atom. The van der Waals surface area contributed by atoms with Crippen molar-refractivity contribution in [1.29, 1.82) is 0 Å². The lowest BCUT2D eigenvalue weighted by atomic mass is 9.92. The highest BCUT2D eigenvalue weighted by Crippen LogP contribution is 2.28. The van der Waals surface area contributed by atoms with Crippen LogP contribution in [0, 0.1) is 5.82 Å². The first-order chi connectivity index (χ1) is 9.63.